The van der Waals surface area contributed by atoms with Crippen molar-refractivity contribution in [3.63, 3.8) is 0 Å². The highest BCUT2D eigenvalue weighted by atomic mass is 16.1. The number of anilines is 2. The van der Waals surface area contributed by atoms with Gasteiger partial charge < -0.3 is 9.80 Å². The highest BCUT2D eigenvalue weighted by molar-refractivity contribution is 6.14. The van der Waals surface area contributed by atoms with Gasteiger partial charge in [-0.1, -0.05) is 97.1 Å². The Balaban J connectivity index is 0.000000241. The zero-order valence-electron chi connectivity index (χ0n) is 22.9. The van der Waals surface area contributed by atoms with Crippen LogP contribution in [-0.2, 0) is 0 Å². The van der Waals surface area contributed by atoms with E-state index in [1.54, 1.807) is 0 Å². The van der Waals surface area contributed by atoms with Gasteiger partial charge in [0.2, 0.25) is 0 Å². The first-order valence-electron chi connectivity index (χ1n) is 13.4. The molecule has 0 aliphatic heterocycles. The van der Waals surface area contributed by atoms with Crippen molar-refractivity contribution < 1.29 is 9.59 Å². The van der Waals surface area contributed by atoms with Crippen molar-refractivity contribution in [1.82, 2.24) is 0 Å². The normalized spacial score (nSPS) is 10.2. The molecule has 0 fully saturated rings. The Morgan fingerprint density at radius 2 is 0.868 bits per heavy atom. The summed E-state index contributed by atoms with van der Waals surface area (Å²) in [7, 11) is 0. The highest BCUT2D eigenvalue weighted by Gasteiger charge is 2.21. The Hall–Kier alpha value is -4.18. The van der Waals surface area contributed by atoms with E-state index in [1.807, 2.05) is 103 Å². The van der Waals surface area contributed by atoms with Gasteiger partial charge in [-0.05, 0) is 39.8 Å². The van der Waals surface area contributed by atoms with E-state index in [0.29, 0.717) is 0 Å². The Bertz CT molecular complexity index is 1240. The van der Waals surface area contributed by atoms with E-state index in [9.17, 15) is 9.59 Å². The fourth-order valence-corrected chi connectivity index (χ4v) is 4.50. The summed E-state index contributed by atoms with van der Waals surface area (Å²) in [6.07, 6.45) is 0. The average Bonchev–Trinajstić information content (AvgIpc) is 3.00. The molecular weight excluding hydrogens is 468 g/mol. The van der Waals surface area contributed by atoms with Crippen molar-refractivity contribution in [2.24, 2.45) is 0 Å². The minimum Gasteiger partial charge on any atom is -0.370 e. The van der Waals surface area contributed by atoms with Gasteiger partial charge in [-0.15, -0.1) is 0 Å². The molecule has 0 heterocycles. The second-order valence-electron chi connectivity index (χ2n) is 8.77. The van der Waals surface area contributed by atoms with E-state index in [0.717, 1.165) is 59.8 Å². The third-order valence-electron chi connectivity index (χ3n) is 6.55. The summed E-state index contributed by atoms with van der Waals surface area (Å²) in [4.78, 5) is 29.6. The van der Waals surface area contributed by atoms with Crippen LogP contribution in [0.1, 0.15) is 59.5 Å². The van der Waals surface area contributed by atoms with Crippen LogP contribution in [0.4, 0.5) is 11.4 Å². The number of ketones is 2. The zero-order valence-corrected chi connectivity index (χ0v) is 22.9. The van der Waals surface area contributed by atoms with E-state index < -0.39 is 0 Å². The molecule has 4 nitrogen and oxygen atoms in total. The summed E-state index contributed by atoms with van der Waals surface area (Å²) in [6, 6.07) is 34.2. The van der Waals surface area contributed by atoms with Crippen molar-refractivity contribution in [3.8, 4) is 0 Å². The summed E-state index contributed by atoms with van der Waals surface area (Å²) in [6.45, 7) is 12.2. The number of hydrogen-bond donors (Lipinski definition) is 0. The maximum Gasteiger partial charge on any atom is 0.195 e. The van der Waals surface area contributed by atoms with Crippen LogP contribution >= 0.6 is 0 Å². The predicted molar refractivity (Wildman–Crippen MR) is 160 cm³/mol. The quantitative estimate of drug-likeness (QED) is 0.209. The third kappa shape index (κ3) is 6.98. The van der Waals surface area contributed by atoms with Gasteiger partial charge in [0.1, 0.15) is 0 Å². The number of carbonyl (C=O) groups is 2. The first kappa shape index (κ1) is 28.4. The molecule has 38 heavy (non-hydrogen) atoms. The van der Waals surface area contributed by atoms with Gasteiger partial charge in [-0.3, -0.25) is 9.59 Å². The van der Waals surface area contributed by atoms with E-state index in [-0.39, 0.29) is 11.6 Å². The smallest absolute Gasteiger partial charge is 0.195 e. The molecule has 0 radical (unpaired) electrons. The maximum absolute atomic E-state index is 13.1. The molecular formula is C34H38N2O2. The molecule has 4 aromatic carbocycles. The standard InChI is InChI=1S/C21H28N2O.C13H10O/c1-5-22(6-2)19-16-12-15-18(20(19)23(7-3)8-4)21(24)17-13-10-9-11-14-17;14-13(11-7-3-1-4-8-11)12-9-5-2-6-10-12/h9-16H,5-8H2,1-4H3;1-10H. The van der Waals surface area contributed by atoms with Gasteiger partial charge in [-0.25, -0.2) is 0 Å². The first-order valence-corrected chi connectivity index (χ1v) is 13.4. The minimum absolute atomic E-state index is 0.0752. The van der Waals surface area contributed by atoms with Crippen LogP contribution in [0.15, 0.2) is 109 Å². The molecule has 0 bridgehead atoms. The second kappa shape index (κ2) is 14.5. The highest BCUT2D eigenvalue weighted by Crippen LogP contribution is 2.34. The fourth-order valence-electron chi connectivity index (χ4n) is 4.50. The Kier molecular flexibility index (Phi) is 10.9. The molecule has 0 amide bonds. The summed E-state index contributed by atoms with van der Waals surface area (Å²) < 4.78 is 0. The molecule has 0 saturated heterocycles. The van der Waals surface area contributed by atoms with Crippen LogP contribution in [0, 0.1) is 0 Å². The minimum atomic E-state index is 0.0752. The number of nitrogens with zero attached hydrogens (tertiary/aromatic N) is 2. The van der Waals surface area contributed by atoms with Gasteiger partial charge >= 0.3 is 0 Å². The molecule has 0 saturated carbocycles. The predicted octanol–water partition coefficient (Wildman–Crippen LogP) is 7.53. The van der Waals surface area contributed by atoms with Crippen LogP contribution in [-0.4, -0.2) is 37.7 Å². The molecule has 0 aliphatic carbocycles. The molecule has 4 rings (SSSR count). The van der Waals surface area contributed by atoms with Crippen molar-refractivity contribution in [3.05, 3.63) is 131 Å². The van der Waals surface area contributed by atoms with E-state index >= 15 is 0 Å². The fraction of sp³-hybridized carbons (Fsp3) is 0.235. The number of para-hydroxylation sites is 1. The number of hydrogen-bond acceptors (Lipinski definition) is 4. The lowest BCUT2D eigenvalue weighted by atomic mass is 9.99. The number of carbonyl (C=O) groups excluding carboxylic acids is 2. The van der Waals surface area contributed by atoms with Crippen molar-refractivity contribution in [2.45, 2.75) is 27.7 Å². The van der Waals surface area contributed by atoms with Gasteiger partial charge in [0, 0.05) is 48.4 Å². The van der Waals surface area contributed by atoms with Crippen LogP contribution in [0.25, 0.3) is 0 Å². The topological polar surface area (TPSA) is 40.6 Å². The van der Waals surface area contributed by atoms with E-state index in [2.05, 4.69) is 43.6 Å². The molecule has 0 atom stereocenters. The largest absolute Gasteiger partial charge is 0.370 e. The molecule has 4 heteroatoms. The van der Waals surface area contributed by atoms with Gasteiger partial charge in [0.05, 0.1) is 11.4 Å². The van der Waals surface area contributed by atoms with Crippen LogP contribution < -0.4 is 9.80 Å². The Labute approximate surface area is 227 Å². The monoisotopic (exact) mass is 506 g/mol. The molecule has 0 unspecified atom stereocenters. The first-order chi connectivity index (χ1) is 18.5. The van der Waals surface area contributed by atoms with Crippen molar-refractivity contribution in [1.29, 1.82) is 0 Å². The molecule has 0 aliphatic rings. The average molecular weight is 507 g/mol. The molecule has 196 valence electrons. The molecule has 0 N–H and O–H groups in total. The summed E-state index contributed by atoms with van der Waals surface area (Å²) in [5.41, 5.74) is 5.19. The summed E-state index contributed by atoms with van der Waals surface area (Å²) in [5.74, 6) is 0.165. The zero-order chi connectivity index (χ0) is 27.3. The lowest BCUT2D eigenvalue weighted by molar-refractivity contribution is 0.103. The van der Waals surface area contributed by atoms with Crippen molar-refractivity contribution in [2.75, 3.05) is 36.0 Å². The second-order valence-corrected chi connectivity index (χ2v) is 8.77. The van der Waals surface area contributed by atoms with E-state index in [4.69, 9.17) is 0 Å². The summed E-state index contributed by atoms with van der Waals surface area (Å²) in [5, 5.41) is 0. The lowest BCUT2D eigenvalue weighted by Crippen LogP contribution is -2.30. The van der Waals surface area contributed by atoms with Gasteiger partial charge in [-0.2, -0.15) is 0 Å². The lowest BCUT2D eigenvalue weighted by Gasteiger charge is -2.31. The van der Waals surface area contributed by atoms with Gasteiger partial charge in [0.25, 0.3) is 0 Å². The van der Waals surface area contributed by atoms with Gasteiger partial charge in [0.15, 0.2) is 11.6 Å². The molecule has 4 aromatic rings. The van der Waals surface area contributed by atoms with Crippen molar-refractivity contribution >= 4 is 22.9 Å². The third-order valence-corrected chi connectivity index (χ3v) is 6.55. The van der Waals surface area contributed by atoms with E-state index in [1.165, 1.54) is 0 Å². The SMILES string of the molecule is CCN(CC)c1cccc(C(=O)c2ccccc2)c1N(CC)CC.O=C(c1ccccc1)c1ccccc1. The molecule has 0 spiro atoms. The maximum atomic E-state index is 13.1. The van der Waals surface area contributed by atoms with Crippen LogP contribution in [0.5, 0.6) is 0 Å². The van der Waals surface area contributed by atoms with Crippen LogP contribution in [0.2, 0.25) is 0 Å². The Morgan fingerprint density at radius 1 is 0.474 bits per heavy atom. The Morgan fingerprint density at radius 3 is 1.26 bits per heavy atom. The number of benzene rings is 4. The number of rotatable bonds is 10. The molecule has 0 aromatic heterocycles. The summed E-state index contributed by atoms with van der Waals surface area (Å²) >= 11 is 0. The van der Waals surface area contributed by atoms with Crippen LogP contribution in [0.3, 0.4) is 0 Å².